The summed E-state index contributed by atoms with van der Waals surface area (Å²) < 4.78 is 5.13. The summed E-state index contributed by atoms with van der Waals surface area (Å²) in [6.45, 7) is 3.81. The van der Waals surface area contributed by atoms with Gasteiger partial charge in [-0.05, 0) is 18.2 Å². The summed E-state index contributed by atoms with van der Waals surface area (Å²) in [4.78, 5) is 16.2. The number of ketones is 1. The summed E-state index contributed by atoms with van der Waals surface area (Å²) in [5.74, 6) is 0.901. The number of methoxy groups -OCH3 is 1. The number of Topliss-reactive ketones (excluding diaryl/α,β-unsaturated/α-hetero) is 1. The summed E-state index contributed by atoms with van der Waals surface area (Å²) >= 11 is 1.50. The number of carbonyl (C=O) groups excluding carboxylic acids is 1. The Bertz CT molecular complexity index is 620. The number of hydrogen-bond acceptors (Lipinski definition) is 5. The minimum absolute atomic E-state index is 0.0407. The maximum Gasteiger partial charge on any atom is 0.142 e. The van der Waals surface area contributed by atoms with Gasteiger partial charge in [-0.25, -0.2) is 4.98 Å². The van der Waals surface area contributed by atoms with Crippen LogP contribution in [0.4, 0.5) is 5.69 Å². The fourth-order valence-corrected chi connectivity index (χ4v) is 2.58. The molecular formula is C15H18N2O2S. The standard InChI is InChI=1S/C15H18N2O2S/c1-9(2)13(18)7-15-17-12(8-20-15)10-4-5-14(19-3)11(16)6-10/h4-6,8-9H,7,16H2,1-3H3. The van der Waals surface area contributed by atoms with Crippen molar-refractivity contribution in [3.63, 3.8) is 0 Å². The Kier molecular flexibility index (Phi) is 4.39. The Morgan fingerprint density at radius 1 is 1.45 bits per heavy atom. The van der Waals surface area contributed by atoms with Crippen LogP contribution in [0.25, 0.3) is 11.3 Å². The van der Waals surface area contributed by atoms with Crippen molar-refractivity contribution < 1.29 is 9.53 Å². The van der Waals surface area contributed by atoms with Crippen LogP contribution >= 0.6 is 11.3 Å². The molecule has 1 aromatic heterocycles. The number of thiazole rings is 1. The van der Waals surface area contributed by atoms with E-state index in [1.165, 1.54) is 11.3 Å². The first-order valence-corrected chi connectivity index (χ1v) is 7.30. The molecule has 0 aliphatic heterocycles. The lowest BCUT2D eigenvalue weighted by Crippen LogP contribution is -2.09. The van der Waals surface area contributed by atoms with Crippen molar-refractivity contribution in [2.45, 2.75) is 20.3 Å². The first-order valence-electron chi connectivity index (χ1n) is 6.42. The van der Waals surface area contributed by atoms with E-state index in [4.69, 9.17) is 10.5 Å². The minimum atomic E-state index is 0.0407. The molecule has 0 aliphatic carbocycles. The smallest absolute Gasteiger partial charge is 0.142 e. The molecule has 0 unspecified atom stereocenters. The second-order valence-corrected chi connectivity index (χ2v) is 5.82. The number of carbonyl (C=O) groups is 1. The molecule has 4 nitrogen and oxygen atoms in total. The average Bonchev–Trinajstić information content (AvgIpc) is 2.87. The van der Waals surface area contributed by atoms with Crippen LogP contribution in [0.15, 0.2) is 23.6 Å². The van der Waals surface area contributed by atoms with Gasteiger partial charge >= 0.3 is 0 Å². The molecule has 0 aliphatic rings. The summed E-state index contributed by atoms with van der Waals surface area (Å²) in [6, 6.07) is 5.57. The van der Waals surface area contributed by atoms with Crippen LogP contribution in [0.1, 0.15) is 18.9 Å². The number of nitrogen functional groups attached to an aromatic ring is 1. The molecule has 0 atom stereocenters. The Balaban J connectivity index is 2.20. The lowest BCUT2D eigenvalue weighted by Gasteiger charge is -2.05. The second kappa shape index (κ2) is 6.05. The maximum absolute atomic E-state index is 11.7. The van der Waals surface area contributed by atoms with E-state index in [2.05, 4.69) is 4.98 Å². The molecule has 5 heteroatoms. The molecule has 0 saturated carbocycles. The first-order chi connectivity index (χ1) is 9.51. The topological polar surface area (TPSA) is 65.2 Å². The molecule has 1 aromatic carbocycles. The van der Waals surface area contributed by atoms with Crippen molar-refractivity contribution in [3.05, 3.63) is 28.6 Å². The van der Waals surface area contributed by atoms with E-state index in [0.29, 0.717) is 17.9 Å². The molecule has 20 heavy (non-hydrogen) atoms. The zero-order chi connectivity index (χ0) is 14.7. The number of nitrogens with two attached hydrogens (primary N) is 1. The van der Waals surface area contributed by atoms with Gasteiger partial charge in [-0.3, -0.25) is 4.79 Å². The normalized spacial score (nSPS) is 10.8. The van der Waals surface area contributed by atoms with Crippen LogP contribution in [0.5, 0.6) is 5.75 Å². The average molecular weight is 290 g/mol. The van der Waals surface area contributed by atoms with E-state index in [0.717, 1.165) is 16.3 Å². The lowest BCUT2D eigenvalue weighted by molar-refractivity contribution is -0.121. The quantitative estimate of drug-likeness (QED) is 0.859. The maximum atomic E-state index is 11.7. The molecule has 2 rings (SSSR count). The van der Waals surface area contributed by atoms with Gasteiger partial charge in [-0.1, -0.05) is 13.8 Å². The molecular weight excluding hydrogens is 272 g/mol. The highest BCUT2D eigenvalue weighted by atomic mass is 32.1. The molecule has 2 N–H and O–H groups in total. The first kappa shape index (κ1) is 14.5. The number of aromatic nitrogens is 1. The molecule has 0 saturated heterocycles. The van der Waals surface area contributed by atoms with Gasteiger partial charge in [0.1, 0.15) is 16.5 Å². The van der Waals surface area contributed by atoms with Crippen LogP contribution in [0.3, 0.4) is 0 Å². The molecule has 106 valence electrons. The van der Waals surface area contributed by atoms with Gasteiger partial charge in [0.25, 0.3) is 0 Å². The van der Waals surface area contributed by atoms with Gasteiger partial charge in [-0.2, -0.15) is 0 Å². The third kappa shape index (κ3) is 3.17. The van der Waals surface area contributed by atoms with Crippen LogP contribution in [0.2, 0.25) is 0 Å². The van der Waals surface area contributed by atoms with Gasteiger partial charge < -0.3 is 10.5 Å². The zero-order valence-electron chi connectivity index (χ0n) is 11.8. The van der Waals surface area contributed by atoms with Gasteiger partial charge in [0.05, 0.1) is 24.9 Å². The van der Waals surface area contributed by atoms with Crippen LogP contribution in [-0.2, 0) is 11.2 Å². The van der Waals surface area contributed by atoms with Crippen molar-refractivity contribution >= 4 is 22.8 Å². The summed E-state index contributed by atoms with van der Waals surface area (Å²) in [6.07, 6.45) is 0.397. The van der Waals surface area contributed by atoms with Crippen LogP contribution < -0.4 is 10.5 Å². The Morgan fingerprint density at radius 3 is 2.80 bits per heavy atom. The highest BCUT2D eigenvalue weighted by Gasteiger charge is 2.12. The predicted molar refractivity (Wildman–Crippen MR) is 82.1 cm³/mol. The van der Waals surface area contributed by atoms with Crippen molar-refractivity contribution in [2.75, 3.05) is 12.8 Å². The molecule has 2 aromatic rings. The molecule has 0 bridgehead atoms. The van der Waals surface area contributed by atoms with E-state index in [9.17, 15) is 4.79 Å². The van der Waals surface area contributed by atoms with Gasteiger partial charge in [0, 0.05) is 16.9 Å². The van der Waals surface area contributed by atoms with Crippen molar-refractivity contribution in [1.82, 2.24) is 4.98 Å². The third-order valence-corrected chi connectivity index (χ3v) is 3.90. The molecule has 0 spiro atoms. The van der Waals surface area contributed by atoms with Gasteiger partial charge in [0.2, 0.25) is 0 Å². The van der Waals surface area contributed by atoms with Gasteiger partial charge in [-0.15, -0.1) is 11.3 Å². The SMILES string of the molecule is COc1ccc(-c2csc(CC(=O)C(C)C)n2)cc1N. The van der Waals surface area contributed by atoms with Crippen molar-refractivity contribution in [2.24, 2.45) is 5.92 Å². The molecule has 0 radical (unpaired) electrons. The number of hydrogen-bond donors (Lipinski definition) is 1. The van der Waals surface area contributed by atoms with Gasteiger partial charge in [0.15, 0.2) is 0 Å². The van der Waals surface area contributed by atoms with Crippen LogP contribution in [0, 0.1) is 5.92 Å². The predicted octanol–water partition coefficient (Wildman–Crippen LogP) is 3.17. The fourth-order valence-electron chi connectivity index (χ4n) is 1.77. The van der Waals surface area contributed by atoms with E-state index in [-0.39, 0.29) is 11.7 Å². The third-order valence-electron chi connectivity index (χ3n) is 3.05. The Morgan fingerprint density at radius 2 is 2.20 bits per heavy atom. The molecule has 0 fully saturated rings. The lowest BCUT2D eigenvalue weighted by atomic mass is 10.1. The van der Waals surface area contributed by atoms with Crippen LogP contribution in [-0.4, -0.2) is 17.9 Å². The van der Waals surface area contributed by atoms with Crippen molar-refractivity contribution in [3.8, 4) is 17.0 Å². The summed E-state index contributed by atoms with van der Waals surface area (Å²) in [7, 11) is 1.59. The van der Waals surface area contributed by atoms with E-state index >= 15 is 0 Å². The molecule has 0 amide bonds. The van der Waals surface area contributed by atoms with E-state index < -0.39 is 0 Å². The Labute approximate surface area is 122 Å². The number of anilines is 1. The van der Waals surface area contributed by atoms with E-state index in [1.807, 2.05) is 37.4 Å². The second-order valence-electron chi connectivity index (χ2n) is 4.88. The number of ether oxygens (including phenoxy) is 1. The highest BCUT2D eigenvalue weighted by Crippen LogP contribution is 2.29. The Hall–Kier alpha value is -1.88. The number of nitrogens with zero attached hydrogens (tertiary/aromatic N) is 1. The fraction of sp³-hybridized carbons (Fsp3) is 0.333. The van der Waals surface area contributed by atoms with Crippen molar-refractivity contribution in [1.29, 1.82) is 0 Å². The van der Waals surface area contributed by atoms with E-state index in [1.54, 1.807) is 7.11 Å². The number of benzene rings is 1. The monoisotopic (exact) mass is 290 g/mol. The number of rotatable bonds is 5. The summed E-state index contributed by atoms with van der Waals surface area (Å²) in [5.41, 5.74) is 8.25. The highest BCUT2D eigenvalue weighted by molar-refractivity contribution is 7.10. The largest absolute Gasteiger partial charge is 0.495 e. The zero-order valence-corrected chi connectivity index (χ0v) is 12.7. The summed E-state index contributed by atoms with van der Waals surface area (Å²) in [5, 5.41) is 2.79. The molecule has 1 heterocycles. The minimum Gasteiger partial charge on any atom is -0.495 e.